The van der Waals surface area contributed by atoms with E-state index >= 15 is 0 Å². The molecule has 0 radical (unpaired) electrons. The number of carbonyl (C=O) groups is 3. The Balaban J connectivity index is 1.94. The lowest BCUT2D eigenvalue weighted by atomic mass is 10.1. The zero-order valence-corrected chi connectivity index (χ0v) is 15.3. The third-order valence-electron chi connectivity index (χ3n) is 3.22. The Morgan fingerprint density at radius 1 is 1.12 bits per heavy atom. The summed E-state index contributed by atoms with van der Waals surface area (Å²) in [5.41, 5.74) is 1.31. The smallest absolute Gasteiger partial charge is 0.251 e. The highest BCUT2D eigenvalue weighted by Crippen LogP contribution is 2.16. The lowest BCUT2D eigenvalue weighted by Gasteiger charge is -2.06. The third kappa shape index (κ3) is 5.57. The number of ether oxygens (including phenoxy) is 1. The van der Waals surface area contributed by atoms with Gasteiger partial charge in [0.05, 0.1) is 0 Å². The fourth-order valence-electron chi connectivity index (χ4n) is 1.91. The van der Waals surface area contributed by atoms with Crippen molar-refractivity contribution in [3.63, 3.8) is 0 Å². The molecular weight excluding hydrogens is 356 g/mol. The first-order valence-corrected chi connectivity index (χ1v) is 8.43. The summed E-state index contributed by atoms with van der Waals surface area (Å²) < 4.78 is 4.93. The topological polar surface area (TPSA) is 110 Å². The minimum Gasteiger partial charge on any atom is -0.377 e. The SMILES string of the molecule is COCc1nnc(NC(=O)/C=C(/C)C(=O)Nc2ccc(C(C)=O)cc2)s1. The van der Waals surface area contributed by atoms with Crippen molar-refractivity contribution >= 4 is 39.8 Å². The van der Waals surface area contributed by atoms with Crippen molar-refractivity contribution in [3.8, 4) is 0 Å². The van der Waals surface area contributed by atoms with Gasteiger partial charge in [-0.1, -0.05) is 11.3 Å². The maximum Gasteiger partial charge on any atom is 0.251 e. The quantitative estimate of drug-likeness (QED) is 0.569. The minimum absolute atomic E-state index is 0.0547. The van der Waals surface area contributed by atoms with Crippen LogP contribution in [0.25, 0.3) is 0 Å². The Morgan fingerprint density at radius 3 is 2.42 bits per heavy atom. The zero-order chi connectivity index (χ0) is 19.1. The van der Waals surface area contributed by atoms with Gasteiger partial charge in [0.2, 0.25) is 5.13 Å². The van der Waals surface area contributed by atoms with E-state index in [4.69, 9.17) is 4.74 Å². The molecule has 0 spiro atoms. The van der Waals surface area contributed by atoms with Crippen molar-refractivity contribution in [1.82, 2.24) is 10.2 Å². The van der Waals surface area contributed by atoms with Gasteiger partial charge in [0.15, 0.2) is 5.78 Å². The zero-order valence-electron chi connectivity index (χ0n) is 14.5. The number of nitrogens with zero attached hydrogens (tertiary/aromatic N) is 2. The number of methoxy groups -OCH3 is 1. The number of hydrogen-bond donors (Lipinski definition) is 2. The van der Waals surface area contributed by atoms with Crippen LogP contribution in [0.5, 0.6) is 0 Å². The first-order chi connectivity index (χ1) is 12.4. The molecule has 2 amide bonds. The molecule has 1 heterocycles. The van der Waals surface area contributed by atoms with Gasteiger partial charge in [0.1, 0.15) is 11.6 Å². The van der Waals surface area contributed by atoms with Crippen LogP contribution in [0.1, 0.15) is 29.2 Å². The minimum atomic E-state index is -0.482. The van der Waals surface area contributed by atoms with Gasteiger partial charge in [-0.15, -0.1) is 10.2 Å². The molecule has 0 aliphatic rings. The molecule has 26 heavy (non-hydrogen) atoms. The van der Waals surface area contributed by atoms with Crippen LogP contribution >= 0.6 is 11.3 Å². The van der Waals surface area contributed by atoms with E-state index in [9.17, 15) is 14.4 Å². The number of hydrogen-bond acceptors (Lipinski definition) is 7. The number of aromatic nitrogens is 2. The van der Waals surface area contributed by atoms with Crippen molar-refractivity contribution in [3.05, 3.63) is 46.5 Å². The average Bonchev–Trinajstić information content (AvgIpc) is 3.02. The fraction of sp³-hybridized carbons (Fsp3) is 0.235. The van der Waals surface area contributed by atoms with Crippen LogP contribution in [0, 0.1) is 0 Å². The highest BCUT2D eigenvalue weighted by atomic mass is 32.1. The summed E-state index contributed by atoms with van der Waals surface area (Å²) in [6.45, 7) is 3.30. The Morgan fingerprint density at radius 2 is 1.81 bits per heavy atom. The molecular formula is C17H18N4O4S. The number of nitrogens with one attached hydrogen (secondary N) is 2. The van der Waals surface area contributed by atoms with Gasteiger partial charge >= 0.3 is 0 Å². The van der Waals surface area contributed by atoms with E-state index in [-0.39, 0.29) is 11.4 Å². The number of Topliss-reactive ketones (excluding diaryl/α,β-unsaturated/α-hetero) is 1. The number of anilines is 2. The van der Waals surface area contributed by atoms with E-state index in [1.54, 1.807) is 24.3 Å². The number of carbonyl (C=O) groups excluding carboxylic acids is 3. The molecule has 1 aromatic heterocycles. The van der Waals surface area contributed by atoms with Gasteiger partial charge in [-0.05, 0) is 38.1 Å². The van der Waals surface area contributed by atoms with Gasteiger partial charge < -0.3 is 10.1 Å². The van der Waals surface area contributed by atoms with Crippen LogP contribution in [-0.4, -0.2) is 34.9 Å². The molecule has 2 rings (SSSR count). The maximum absolute atomic E-state index is 12.1. The predicted molar refractivity (Wildman–Crippen MR) is 98.1 cm³/mol. The lowest BCUT2D eigenvalue weighted by molar-refractivity contribution is -0.114. The van der Waals surface area contributed by atoms with E-state index in [1.165, 1.54) is 38.4 Å². The van der Waals surface area contributed by atoms with E-state index in [2.05, 4.69) is 20.8 Å². The number of ketones is 1. The standard InChI is InChI=1S/C17H18N4O4S/c1-10(8-14(23)19-17-21-20-15(26-17)9-25-3)16(24)18-13-6-4-12(5-7-13)11(2)22/h4-8H,9H2,1-3H3,(H,18,24)(H,19,21,23)/b10-8-. The Bertz CT molecular complexity index is 843. The summed E-state index contributed by atoms with van der Waals surface area (Å²) in [5, 5.41) is 13.8. The number of benzene rings is 1. The van der Waals surface area contributed by atoms with E-state index in [0.29, 0.717) is 28.0 Å². The van der Waals surface area contributed by atoms with Crippen LogP contribution in [0.4, 0.5) is 10.8 Å². The summed E-state index contributed by atoms with van der Waals surface area (Å²) in [6, 6.07) is 6.49. The largest absolute Gasteiger partial charge is 0.377 e. The monoisotopic (exact) mass is 374 g/mol. The third-order valence-corrected chi connectivity index (χ3v) is 4.03. The summed E-state index contributed by atoms with van der Waals surface area (Å²) >= 11 is 1.19. The first-order valence-electron chi connectivity index (χ1n) is 7.62. The van der Waals surface area contributed by atoms with E-state index in [1.807, 2.05) is 0 Å². The Hall–Kier alpha value is -2.91. The molecule has 8 nitrogen and oxygen atoms in total. The molecule has 0 saturated carbocycles. The van der Waals surface area contributed by atoms with E-state index < -0.39 is 11.8 Å². The van der Waals surface area contributed by atoms with Crippen LogP contribution in [0.15, 0.2) is 35.9 Å². The molecule has 0 saturated heterocycles. The highest BCUT2D eigenvalue weighted by molar-refractivity contribution is 7.15. The van der Waals surface area contributed by atoms with Crippen LogP contribution in [-0.2, 0) is 20.9 Å². The van der Waals surface area contributed by atoms with Crippen molar-refractivity contribution in [2.24, 2.45) is 0 Å². The second-order valence-corrected chi connectivity index (χ2v) is 6.40. The van der Waals surface area contributed by atoms with Gasteiger partial charge in [-0.3, -0.25) is 19.7 Å². The average molecular weight is 374 g/mol. The Labute approximate surface area is 154 Å². The molecule has 0 aliphatic carbocycles. The second kappa shape index (κ2) is 8.97. The second-order valence-electron chi connectivity index (χ2n) is 5.34. The summed E-state index contributed by atoms with van der Waals surface area (Å²) in [6.07, 6.45) is 1.18. The molecule has 0 unspecified atom stereocenters. The van der Waals surface area contributed by atoms with Crippen molar-refractivity contribution in [2.45, 2.75) is 20.5 Å². The lowest BCUT2D eigenvalue weighted by Crippen LogP contribution is -2.16. The van der Waals surface area contributed by atoms with Crippen LogP contribution in [0.2, 0.25) is 0 Å². The summed E-state index contributed by atoms with van der Waals surface area (Å²) in [7, 11) is 1.54. The maximum atomic E-state index is 12.1. The predicted octanol–water partition coefficient (Wildman–Crippen LogP) is 2.41. The first kappa shape index (κ1) is 19.4. The summed E-state index contributed by atoms with van der Waals surface area (Å²) in [5.74, 6) is -0.960. The molecule has 0 atom stereocenters. The molecule has 0 fully saturated rings. The highest BCUT2D eigenvalue weighted by Gasteiger charge is 2.10. The fourth-order valence-corrected chi connectivity index (χ4v) is 2.62. The summed E-state index contributed by atoms with van der Waals surface area (Å²) in [4.78, 5) is 35.3. The number of amides is 2. The Kier molecular flexibility index (Phi) is 6.70. The van der Waals surface area contributed by atoms with Gasteiger partial charge in [0.25, 0.3) is 11.8 Å². The van der Waals surface area contributed by atoms with Crippen LogP contribution < -0.4 is 10.6 Å². The van der Waals surface area contributed by atoms with Crippen molar-refractivity contribution < 1.29 is 19.1 Å². The van der Waals surface area contributed by atoms with E-state index in [0.717, 1.165) is 0 Å². The molecule has 1 aromatic carbocycles. The normalized spacial score (nSPS) is 11.1. The molecule has 2 N–H and O–H groups in total. The molecule has 136 valence electrons. The van der Waals surface area contributed by atoms with Gasteiger partial charge in [-0.2, -0.15) is 0 Å². The van der Waals surface area contributed by atoms with Crippen molar-refractivity contribution in [1.29, 1.82) is 0 Å². The molecule has 2 aromatic rings. The van der Waals surface area contributed by atoms with Crippen molar-refractivity contribution in [2.75, 3.05) is 17.7 Å². The molecule has 0 bridgehead atoms. The molecule has 0 aliphatic heterocycles. The number of rotatable bonds is 7. The van der Waals surface area contributed by atoms with Crippen LogP contribution in [0.3, 0.4) is 0 Å². The van der Waals surface area contributed by atoms with Gasteiger partial charge in [0, 0.05) is 30.0 Å². The molecule has 9 heteroatoms. The van der Waals surface area contributed by atoms with Gasteiger partial charge in [-0.25, -0.2) is 0 Å².